The van der Waals surface area contributed by atoms with Gasteiger partial charge >= 0.3 is 6.03 Å². The zero-order chi connectivity index (χ0) is 21.6. The number of benzene rings is 2. The zero-order valence-corrected chi connectivity index (χ0v) is 17.6. The van der Waals surface area contributed by atoms with Gasteiger partial charge in [0.25, 0.3) is 5.91 Å². The predicted molar refractivity (Wildman–Crippen MR) is 121 cm³/mol. The number of rotatable bonds is 6. The number of carbonyl (C=O) groups is 2. The molecule has 1 N–H and O–H groups in total. The third kappa shape index (κ3) is 4.91. The molecule has 4 rings (SSSR count). The van der Waals surface area contributed by atoms with E-state index in [0.29, 0.717) is 25.2 Å². The molecule has 2 aromatic carbocycles. The second kappa shape index (κ2) is 9.43. The van der Waals surface area contributed by atoms with Crippen LogP contribution < -0.4 is 10.2 Å². The van der Waals surface area contributed by atoms with E-state index in [-0.39, 0.29) is 11.9 Å². The molecule has 1 fully saturated rings. The van der Waals surface area contributed by atoms with Gasteiger partial charge in [-0.25, -0.2) is 4.79 Å². The maximum absolute atomic E-state index is 13.2. The number of anilines is 1. The molecule has 1 saturated heterocycles. The molecular weight excluding hydrogens is 388 g/mol. The minimum absolute atomic E-state index is 0.0255. The fourth-order valence-corrected chi connectivity index (χ4v) is 3.76. The smallest absolute Gasteiger partial charge is 0.324 e. The van der Waals surface area contributed by atoms with Crippen molar-refractivity contribution in [3.63, 3.8) is 0 Å². The maximum atomic E-state index is 13.2. The predicted octanol–water partition coefficient (Wildman–Crippen LogP) is 4.15. The van der Waals surface area contributed by atoms with Crippen LogP contribution in [-0.2, 0) is 13.1 Å². The van der Waals surface area contributed by atoms with Gasteiger partial charge in [-0.1, -0.05) is 36.4 Å². The molecule has 0 radical (unpaired) electrons. The first-order valence-electron chi connectivity index (χ1n) is 10.5. The Hall–Kier alpha value is -3.67. The summed E-state index contributed by atoms with van der Waals surface area (Å²) in [5.74, 6) is -0.174. The lowest BCUT2D eigenvalue weighted by Gasteiger charge is -2.36. The van der Waals surface area contributed by atoms with Crippen molar-refractivity contribution in [2.24, 2.45) is 0 Å². The van der Waals surface area contributed by atoms with Crippen molar-refractivity contribution >= 4 is 17.6 Å². The van der Waals surface area contributed by atoms with Crippen molar-refractivity contribution < 1.29 is 9.59 Å². The molecule has 0 saturated carbocycles. The number of pyridine rings is 1. The Morgan fingerprint density at radius 3 is 2.74 bits per heavy atom. The fourth-order valence-electron chi connectivity index (χ4n) is 3.76. The Kier molecular flexibility index (Phi) is 6.26. The quantitative estimate of drug-likeness (QED) is 0.659. The first-order valence-corrected chi connectivity index (χ1v) is 10.5. The van der Waals surface area contributed by atoms with Gasteiger partial charge in [-0.3, -0.25) is 14.7 Å². The van der Waals surface area contributed by atoms with Crippen LogP contribution in [0.4, 0.5) is 10.5 Å². The van der Waals surface area contributed by atoms with Gasteiger partial charge in [0.2, 0.25) is 0 Å². The summed E-state index contributed by atoms with van der Waals surface area (Å²) in [5, 5.41) is 2.91. The van der Waals surface area contributed by atoms with E-state index in [1.165, 1.54) is 5.56 Å². The lowest BCUT2D eigenvalue weighted by Crippen LogP contribution is -2.49. The number of aryl methyl sites for hydroxylation is 1. The lowest BCUT2D eigenvalue weighted by atomic mass is 10.1. The molecule has 1 aliphatic heterocycles. The summed E-state index contributed by atoms with van der Waals surface area (Å²) in [7, 11) is 0. The van der Waals surface area contributed by atoms with Gasteiger partial charge in [0, 0.05) is 49.8 Å². The van der Waals surface area contributed by atoms with Gasteiger partial charge in [0.05, 0.1) is 0 Å². The molecule has 31 heavy (non-hydrogen) atoms. The fraction of sp³-hybridized carbons (Fsp3) is 0.240. The van der Waals surface area contributed by atoms with Crippen LogP contribution in [0.2, 0.25) is 0 Å². The van der Waals surface area contributed by atoms with Crippen molar-refractivity contribution in [2.45, 2.75) is 26.4 Å². The highest BCUT2D eigenvalue weighted by Crippen LogP contribution is 2.23. The van der Waals surface area contributed by atoms with Crippen molar-refractivity contribution in [1.29, 1.82) is 0 Å². The second-order valence-corrected chi connectivity index (χ2v) is 7.73. The highest BCUT2D eigenvalue weighted by molar-refractivity contribution is 5.98. The first kappa shape index (κ1) is 20.6. The Labute approximate surface area is 182 Å². The van der Waals surface area contributed by atoms with Crippen LogP contribution >= 0.6 is 0 Å². The molecule has 6 heteroatoms. The number of amides is 3. The average Bonchev–Trinajstić information content (AvgIpc) is 2.81. The Balaban J connectivity index is 1.45. The number of nitrogens with one attached hydrogen (secondary N) is 1. The molecule has 0 unspecified atom stereocenters. The number of urea groups is 1. The third-order valence-corrected chi connectivity index (χ3v) is 5.53. The van der Waals surface area contributed by atoms with Gasteiger partial charge in [-0.05, 0) is 54.3 Å². The molecule has 3 aromatic rings. The van der Waals surface area contributed by atoms with Crippen molar-refractivity contribution in [2.75, 3.05) is 18.0 Å². The van der Waals surface area contributed by atoms with E-state index in [1.54, 1.807) is 29.4 Å². The van der Waals surface area contributed by atoms with Crippen molar-refractivity contribution in [3.05, 3.63) is 95.3 Å². The minimum Gasteiger partial charge on any atom is -0.348 e. The van der Waals surface area contributed by atoms with Crippen LogP contribution in [0, 0.1) is 6.92 Å². The van der Waals surface area contributed by atoms with E-state index in [0.717, 1.165) is 29.8 Å². The largest absolute Gasteiger partial charge is 0.348 e. The molecule has 1 aromatic heterocycles. The molecule has 0 atom stereocenters. The van der Waals surface area contributed by atoms with E-state index < -0.39 is 0 Å². The van der Waals surface area contributed by atoms with E-state index in [4.69, 9.17) is 0 Å². The standard InChI is InChI=1S/C25H26N4O2/c1-19-7-2-3-9-22(19)18-28-13-6-14-29(25(28)31)23-11-4-10-21(15-23)24(30)27-17-20-8-5-12-26-16-20/h2-5,7-12,15-16H,6,13-14,17-18H2,1H3,(H,27,30). The van der Waals surface area contributed by atoms with Gasteiger partial charge in [0.1, 0.15) is 0 Å². The van der Waals surface area contributed by atoms with E-state index in [2.05, 4.69) is 29.4 Å². The molecule has 3 amide bonds. The molecule has 158 valence electrons. The monoisotopic (exact) mass is 414 g/mol. The van der Waals surface area contributed by atoms with E-state index >= 15 is 0 Å². The second-order valence-electron chi connectivity index (χ2n) is 7.73. The van der Waals surface area contributed by atoms with Crippen LogP contribution in [-0.4, -0.2) is 34.9 Å². The van der Waals surface area contributed by atoms with Gasteiger partial charge in [-0.2, -0.15) is 0 Å². The number of nitrogens with zero attached hydrogens (tertiary/aromatic N) is 3. The molecule has 2 heterocycles. The average molecular weight is 415 g/mol. The lowest BCUT2D eigenvalue weighted by molar-refractivity contribution is 0.0951. The van der Waals surface area contributed by atoms with Crippen LogP contribution in [0.3, 0.4) is 0 Å². The normalized spacial score (nSPS) is 13.9. The highest BCUT2D eigenvalue weighted by Gasteiger charge is 2.27. The summed E-state index contributed by atoms with van der Waals surface area (Å²) in [6.45, 7) is 4.44. The number of hydrogen-bond donors (Lipinski definition) is 1. The molecule has 0 aliphatic carbocycles. The van der Waals surface area contributed by atoms with Crippen LogP contribution in [0.5, 0.6) is 0 Å². The molecule has 0 spiro atoms. The highest BCUT2D eigenvalue weighted by atomic mass is 16.2. The van der Waals surface area contributed by atoms with Gasteiger partial charge in [0.15, 0.2) is 0 Å². The molecule has 6 nitrogen and oxygen atoms in total. The van der Waals surface area contributed by atoms with Crippen LogP contribution in [0.25, 0.3) is 0 Å². The Morgan fingerprint density at radius 2 is 1.94 bits per heavy atom. The van der Waals surface area contributed by atoms with Crippen molar-refractivity contribution in [1.82, 2.24) is 15.2 Å². The zero-order valence-electron chi connectivity index (χ0n) is 17.6. The Bertz CT molecular complexity index is 1070. The van der Waals surface area contributed by atoms with Crippen LogP contribution in [0.1, 0.15) is 33.5 Å². The minimum atomic E-state index is -0.174. The van der Waals surface area contributed by atoms with Gasteiger partial charge < -0.3 is 10.2 Å². The third-order valence-electron chi connectivity index (χ3n) is 5.53. The van der Waals surface area contributed by atoms with Crippen LogP contribution in [0.15, 0.2) is 73.1 Å². The first-order chi connectivity index (χ1) is 15.1. The van der Waals surface area contributed by atoms with Gasteiger partial charge in [-0.15, -0.1) is 0 Å². The summed E-state index contributed by atoms with van der Waals surface area (Å²) < 4.78 is 0. The summed E-state index contributed by atoms with van der Waals surface area (Å²) >= 11 is 0. The molecule has 1 aliphatic rings. The topological polar surface area (TPSA) is 65.5 Å². The van der Waals surface area contributed by atoms with E-state index in [9.17, 15) is 9.59 Å². The number of aromatic nitrogens is 1. The molecule has 0 bridgehead atoms. The van der Waals surface area contributed by atoms with E-state index in [1.807, 2.05) is 41.3 Å². The number of carbonyl (C=O) groups excluding carboxylic acids is 2. The summed E-state index contributed by atoms with van der Waals surface area (Å²) in [6.07, 6.45) is 4.31. The Morgan fingerprint density at radius 1 is 1.06 bits per heavy atom. The van der Waals surface area contributed by atoms with Crippen molar-refractivity contribution in [3.8, 4) is 0 Å². The summed E-state index contributed by atoms with van der Waals surface area (Å²) in [4.78, 5) is 33.5. The maximum Gasteiger partial charge on any atom is 0.324 e. The summed E-state index contributed by atoms with van der Waals surface area (Å²) in [6, 6.07) is 19.1. The number of hydrogen-bond acceptors (Lipinski definition) is 3. The SMILES string of the molecule is Cc1ccccc1CN1CCCN(c2cccc(C(=O)NCc3cccnc3)c2)C1=O. The summed E-state index contributed by atoms with van der Waals surface area (Å²) in [5.41, 5.74) is 4.55. The molecular formula is C25H26N4O2.